The van der Waals surface area contributed by atoms with Crippen LogP contribution >= 0.6 is 0 Å². The number of carbonyl (C=O) groups is 1. The molecule has 5 heteroatoms. The van der Waals surface area contributed by atoms with Gasteiger partial charge < -0.3 is 20.5 Å². The van der Waals surface area contributed by atoms with E-state index < -0.39 is 6.10 Å². The van der Waals surface area contributed by atoms with E-state index in [1.807, 2.05) is 31.2 Å². The first-order valence-electron chi connectivity index (χ1n) is 7.51. The summed E-state index contributed by atoms with van der Waals surface area (Å²) in [5, 5.41) is 15.8. The van der Waals surface area contributed by atoms with Crippen molar-refractivity contribution in [3.63, 3.8) is 0 Å². The zero-order valence-corrected chi connectivity index (χ0v) is 12.5. The first-order chi connectivity index (χ1) is 10.1. The molecule has 0 heterocycles. The van der Waals surface area contributed by atoms with E-state index in [1.165, 1.54) is 0 Å². The monoisotopic (exact) mass is 292 g/mol. The lowest BCUT2D eigenvalue weighted by Gasteiger charge is -2.13. The van der Waals surface area contributed by atoms with E-state index in [0.29, 0.717) is 25.6 Å². The maximum Gasteiger partial charge on any atom is 0.221 e. The molecule has 2 rings (SSSR count). The lowest BCUT2D eigenvalue weighted by molar-refractivity contribution is -0.121. The highest BCUT2D eigenvalue weighted by molar-refractivity contribution is 5.76. The molecule has 0 aliphatic heterocycles. The summed E-state index contributed by atoms with van der Waals surface area (Å²) in [5.74, 6) is 0.841. The van der Waals surface area contributed by atoms with Gasteiger partial charge in [0, 0.05) is 25.6 Å². The Morgan fingerprint density at radius 1 is 1.48 bits per heavy atom. The van der Waals surface area contributed by atoms with Crippen LogP contribution in [0.5, 0.6) is 5.75 Å². The zero-order chi connectivity index (χ0) is 15.1. The Morgan fingerprint density at radius 2 is 2.29 bits per heavy atom. The fourth-order valence-electron chi connectivity index (χ4n) is 1.95. The van der Waals surface area contributed by atoms with Gasteiger partial charge in [0.1, 0.15) is 18.5 Å². The first kappa shape index (κ1) is 15.8. The number of ether oxygens (including phenoxy) is 1. The minimum atomic E-state index is -0.586. The molecule has 1 unspecified atom stereocenters. The van der Waals surface area contributed by atoms with Crippen LogP contribution in [0.4, 0.5) is 0 Å². The van der Waals surface area contributed by atoms with Crippen LogP contribution in [0, 0.1) is 6.92 Å². The van der Waals surface area contributed by atoms with Crippen LogP contribution in [0.3, 0.4) is 0 Å². The average Bonchev–Trinajstić information content (AvgIpc) is 3.25. The van der Waals surface area contributed by atoms with E-state index in [-0.39, 0.29) is 12.5 Å². The van der Waals surface area contributed by atoms with E-state index in [2.05, 4.69) is 10.6 Å². The van der Waals surface area contributed by atoms with Crippen LogP contribution in [0.15, 0.2) is 24.3 Å². The molecule has 0 spiro atoms. The van der Waals surface area contributed by atoms with Gasteiger partial charge in [-0.05, 0) is 37.5 Å². The Balaban J connectivity index is 1.52. The van der Waals surface area contributed by atoms with Crippen LogP contribution in [-0.2, 0) is 4.79 Å². The summed E-state index contributed by atoms with van der Waals surface area (Å²) in [4.78, 5) is 11.4. The number of nitrogens with one attached hydrogen (secondary N) is 2. The normalized spacial score (nSPS) is 15.5. The van der Waals surface area contributed by atoms with Crippen molar-refractivity contribution in [1.29, 1.82) is 0 Å². The largest absolute Gasteiger partial charge is 0.491 e. The van der Waals surface area contributed by atoms with Gasteiger partial charge in [-0.25, -0.2) is 0 Å². The van der Waals surface area contributed by atoms with E-state index >= 15 is 0 Å². The Bertz CT molecular complexity index is 461. The molecule has 21 heavy (non-hydrogen) atoms. The second-order valence-corrected chi connectivity index (χ2v) is 5.58. The summed E-state index contributed by atoms with van der Waals surface area (Å²) in [5.41, 5.74) is 1.13. The molecule has 1 aliphatic carbocycles. The highest BCUT2D eigenvalue weighted by atomic mass is 16.5. The van der Waals surface area contributed by atoms with Crippen LogP contribution in [0.25, 0.3) is 0 Å². The molecule has 0 radical (unpaired) electrons. The summed E-state index contributed by atoms with van der Waals surface area (Å²) >= 11 is 0. The standard InChI is InChI=1S/C16H24N2O3/c1-12-3-2-4-15(9-12)21-11-14(19)10-17-8-7-16(20)18-13-5-6-13/h2-4,9,13-14,17,19H,5-8,10-11H2,1H3,(H,18,20). The van der Waals surface area contributed by atoms with E-state index in [9.17, 15) is 9.90 Å². The molecule has 0 aromatic heterocycles. The van der Waals surface area contributed by atoms with Crippen molar-refractivity contribution in [2.75, 3.05) is 19.7 Å². The van der Waals surface area contributed by atoms with Gasteiger partial charge >= 0.3 is 0 Å². The summed E-state index contributed by atoms with van der Waals surface area (Å²) < 4.78 is 5.52. The number of aliphatic hydroxyl groups excluding tert-OH is 1. The van der Waals surface area contributed by atoms with Crippen molar-refractivity contribution in [2.45, 2.75) is 38.3 Å². The molecule has 1 aromatic carbocycles. The van der Waals surface area contributed by atoms with Crippen LogP contribution in [0.1, 0.15) is 24.8 Å². The Kier molecular flexibility index (Phi) is 6.02. The Morgan fingerprint density at radius 3 is 3.00 bits per heavy atom. The van der Waals surface area contributed by atoms with Gasteiger partial charge in [0.05, 0.1) is 0 Å². The molecular weight excluding hydrogens is 268 g/mol. The molecule has 0 bridgehead atoms. The van der Waals surface area contributed by atoms with Crippen molar-refractivity contribution in [3.8, 4) is 5.75 Å². The van der Waals surface area contributed by atoms with Crippen LogP contribution < -0.4 is 15.4 Å². The van der Waals surface area contributed by atoms with Crippen LogP contribution in [-0.4, -0.2) is 42.9 Å². The number of amides is 1. The predicted molar refractivity (Wildman–Crippen MR) is 81.3 cm³/mol. The third kappa shape index (κ3) is 6.60. The van der Waals surface area contributed by atoms with Crippen molar-refractivity contribution < 1.29 is 14.6 Å². The summed E-state index contributed by atoms with van der Waals surface area (Å²) in [7, 11) is 0. The van der Waals surface area contributed by atoms with E-state index in [4.69, 9.17) is 4.74 Å². The van der Waals surface area contributed by atoms with E-state index in [0.717, 1.165) is 24.2 Å². The molecule has 5 nitrogen and oxygen atoms in total. The second kappa shape index (κ2) is 8.00. The molecule has 1 fully saturated rings. The minimum absolute atomic E-state index is 0.0792. The van der Waals surface area contributed by atoms with Crippen LogP contribution in [0.2, 0.25) is 0 Å². The number of aryl methyl sites for hydroxylation is 1. The smallest absolute Gasteiger partial charge is 0.221 e. The number of aliphatic hydroxyl groups is 1. The van der Waals surface area contributed by atoms with Gasteiger partial charge in [-0.15, -0.1) is 0 Å². The maximum atomic E-state index is 11.4. The molecule has 1 atom stereocenters. The maximum absolute atomic E-state index is 11.4. The average molecular weight is 292 g/mol. The summed E-state index contributed by atoms with van der Waals surface area (Å²) in [6.07, 6.45) is 2.07. The van der Waals surface area contributed by atoms with Crippen molar-refractivity contribution >= 4 is 5.91 Å². The highest BCUT2D eigenvalue weighted by Crippen LogP contribution is 2.18. The van der Waals surface area contributed by atoms with Gasteiger partial charge in [-0.1, -0.05) is 12.1 Å². The SMILES string of the molecule is Cc1cccc(OCC(O)CNCCC(=O)NC2CC2)c1. The van der Waals surface area contributed by atoms with Crippen molar-refractivity contribution in [3.05, 3.63) is 29.8 Å². The summed E-state index contributed by atoms with van der Waals surface area (Å²) in [6, 6.07) is 8.13. The Hall–Kier alpha value is -1.59. The second-order valence-electron chi connectivity index (χ2n) is 5.58. The van der Waals surface area contributed by atoms with Gasteiger partial charge in [-0.2, -0.15) is 0 Å². The molecule has 1 aliphatic rings. The number of rotatable bonds is 9. The molecule has 116 valence electrons. The summed E-state index contributed by atoms with van der Waals surface area (Å²) in [6.45, 7) is 3.23. The third-order valence-corrected chi connectivity index (χ3v) is 3.28. The van der Waals surface area contributed by atoms with E-state index in [1.54, 1.807) is 0 Å². The predicted octanol–water partition coefficient (Wildman–Crippen LogP) is 0.993. The van der Waals surface area contributed by atoms with Gasteiger partial charge in [0.25, 0.3) is 0 Å². The number of hydrogen-bond acceptors (Lipinski definition) is 4. The van der Waals surface area contributed by atoms with Gasteiger partial charge in [0.15, 0.2) is 0 Å². The first-order valence-corrected chi connectivity index (χ1v) is 7.51. The molecule has 1 amide bonds. The number of benzene rings is 1. The fraction of sp³-hybridized carbons (Fsp3) is 0.562. The molecule has 1 saturated carbocycles. The molecule has 1 aromatic rings. The molecule has 3 N–H and O–H groups in total. The van der Waals surface area contributed by atoms with Crippen molar-refractivity contribution in [2.24, 2.45) is 0 Å². The van der Waals surface area contributed by atoms with Gasteiger partial charge in [0.2, 0.25) is 5.91 Å². The third-order valence-electron chi connectivity index (χ3n) is 3.28. The molecule has 0 saturated heterocycles. The Labute approximate surface area is 125 Å². The number of carbonyl (C=O) groups excluding carboxylic acids is 1. The molecular formula is C16H24N2O3. The zero-order valence-electron chi connectivity index (χ0n) is 12.5. The van der Waals surface area contributed by atoms with Gasteiger partial charge in [-0.3, -0.25) is 4.79 Å². The lowest BCUT2D eigenvalue weighted by atomic mass is 10.2. The quantitative estimate of drug-likeness (QED) is 0.594. The highest BCUT2D eigenvalue weighted by Gasteiger charge is 2.22. The minimum Gasteiger partial charge on any atom is -0.491 e. The number of hydrogen-bond donors (Lipinski definition) is 3. The van der Waals surface area contributed by atoms with Crippen molar-refractivity contribution in [1.82, 2.24) is 10.6 Å². The topological polar surface area (TPSA) is 70.6 Å². The fourth-order valence-corrected chi connectivity index (χ4v) is 1.95. The lowest BCUT2D eigenvalue weighted by Crippen LogP contribution is -2.34.